The van der Waals surface area contributed by atoms with E-state index >= 15 is 0 Å². The Labute approximate surface area is 161 Å². The molecule has 0 radical (unpaired) electrons. The van der Waals surface area contributed by atoms with Crippen LogP contribution in [0.2, 0.25) is 0 Å². The predicted molar refractivity (Wildman–Crippen MR) is 105 cm³/mol. The number of hydrogen-bond donors (Lipinski definition) is 2. The molecule has 2 aromatic carbocycles. The van der Waals surface area contributed by atoms with Gasteiger partial charge in [-0.3, -0.25) is 4.99 Å². The van der Waals surface area contributed by atoms with E-state index in [0.717, 1.165) is 15.6 Å². The number of halogens is 2. The molecule has 0 amide bonds. The van der Waals surface area contributed by atoms with E-state index in [1.54, 1.807) is 34.3 Å². The third-order valence-electron chi connectivity index (χ3n) is 3.87. The first kappa shape index (κ1) is 20.0. The summed E-state index contributed by atoms with van der Waals surface area (Å²) < 4.78 is 25.1. The van der Waals surface area contributed by atoms with E-state index in [-0.39, 0.29) is 5.82 Å². The number of methoxy groups -OCH3 is 2. The van der Waals surface area contributed by atoms with Crippen molar-refractivity contribution in [3.8, 4) is 11.5 Å². The fourth-order valence-corrected chi connectivity index (χ4v) is 3.06. The highest BCUT2D eigenvalue weighted by atomic mass is 79.9. The highest BCUT2D eigenvalue weighted by Gasteiger charge is 2.11. The van der Waals surface area contributed by atoms with Gasteiger partial charge >= 0.3 is 0 Å². The molecule has 7 heteroatoms. The van der Waals surface area contributed by atoms with Crippen molar-refractivity contribution in [1.82, 2.24) is 10.6 Å². The first-order chi connectivity index (χ1) is 12.5. The molecule has 2 rings (SSSR count). The van der Waals surface area contributed by atoms with Gasteiger partial charge in [-0.05, 0) is 57.7 Å². The molecular formula is C19H23BrFN3O2. The van der Waals surface area contributed by atoms with Crippen LogP contribution >= 0.6 is 15.9 Å². The van der Waals surface area contributed by atoms with Crippen LogP contribution in [0.5, 0.6) is 11.5 Å². The molecule has 0 aromatic heterocycles. The van der Waals surface area contributed by atoms with Crippen molar-refractivity contribution < 1.29 is 13.9 Å². The molecule has 0 fully saturated rings. The van der Waals surface area contributed by atoms with Crippen LogP contribution in [0.1, 0.15) is 16.7 Å². The first-order valence-corrected chi connectivity index (χ1v) is 8.87. The Hall–Kier alpha value is -2.28. The monoisotopic (exact) mass is 423 g/mol. The SMILES string of the molecule is CN=C(NCc1ccc(C)c(F)c1)NCc1cc(Br)c(OC)c(OC)c1. The second kappa shape index (κ2) is 9.43. The van der Waals surface area contributed by atoms with E-state index in [4.69, 9.17) is 9.47 Å². The molecule has 2 aromatic rings. The van der Waals surface area contributed by atoms with Gasteiger partial charge in [-0.15, -0.1) is 0 Å². The summed E-state index contributed by atoms with van der Waals surface area (Å²) in [5.41, 5.74) is 2.49. The Bertz CT molecular complexity index is 797. The number of benzene rings is 2. The number of aliphatic imine (C=N–C) groups is 1. The van der Waals surface area contributed by atoms with Crippen molar-refractivity contribution in [3.05, 3.63) is 57.3 Å². The average molecular weight is 424 g/mol. The fourth-order valence-electron chi connectivity index (χ4n) is 2.41. The molecular weight excluding hydrogens is 401 g/mol. The maximum Gasteiger partial charge on any atom is 0.191 e. The zero-order chi connectivity index (χ0) is 19.1. The standard InChI is InChI=1S/C19H23BrFN3O2/c1-12-5-6-13(8-16(12)21)10-23-19(22-2)24-11-14-7-15(20)18(26-4)17(9-14)25-3/h5-9H,10-11H2,1-4H3,(H2,22,23,24). The normalized spacial score (nSPS) is 11.2. The summed E-state index contributed by atoms with van der Waals surface area (Å²) in [5.74, 6) is 1.72. The molecule has 0 saturated carbocycles. The van der Waals surface area contributed by atoms with Crippen molar-refractivity contribution in [1.29, 1.82) is 0 Å². The molecule has 2 N–H and O–H groups in total. The number of nitrogens with one attached hydrogen (secondary N) is 2. The van der Waals surface area contributed by atoms with Gasteiger partial charge in [0.1, 0.15) is 5.82 Å². The van der Waals surface area contributed by atoms with Crippen molar-refractivity contribution in [3.63, 3.8) is 0 Å². The van der Waals surface area contributed by atoms with Gasteiger partial charge < -0.3 is 20.1 Å². The van der Waals surface area contributed by atoms with Gasteiger partial charge in [-0.1, -0.05) is 12.1 Å². The quantitative estimate of drug-likeness (QED) is 0.548. The predicted octanol–water partition coefficient (Wildman–Crippen LogP) is 3.78. The summed E-state index contributed by atoms with van der Waals surface area (Å²) in [6.07, 6.45) is 0. The molecule has 0 aliphatic heterocycles. The summed E-state index contributed by atoms with van der Waals surface area (Å²) in [5, 5.41) is 6.40. The Balaban J connectivity index is 1.98. The number of ether oxygens (including phenoxy) is 2. The van der Waals surface area contributed by atoms with E-state index < -0.39 is 0 Å². The second-order valence-corrected chi connectivity index (χ2v) is 6.53. The lowest BCUT2D eigenvalue weighted by Gasteiger charge is -2.15. The van der Waals surface area contributed by atoms with Crippen molar-refractivity contribution in [2.24, 2.45) is 4.99 Å². The molecule has 5 nitrogen and oxygen atoms in total. The van der Waals surface area contributed by atoms with Crippen molar-refractivity contribution >= 4 is 21.9 Å². The summed E-state index contributed by atoms with van der Waals surface area (Å²) >= 11 is 3.48. The number of aryl methyl sites for hydroxylation is 1. The van der Waals surface area contributed by atoms with Crippen LogP contribution in [0.25, 0.3) is 0 Å². The molecule has 0 unspecified atom stereocenters. The Morgan fingerprint density at radius 3 is 2.35 bits per heavy atom. The molecule has 0 saturated heterocycles. The lowest BCUT2D eigenvalue weighted by atomic mass is 10.1. The molecule has 0 aliphatic carbocycles. The topological polar surface area (TPSA) is 54.9 Å². The fraction of sp³-hybridized carbons (Fsp3) is 0.316. The average Bonchev–Trinajstić information content (AvgIpc) is 2.64. The van der Waals surface area contributed by atoms with Crippen LogP contribution in [-0.4, -0.2) is 27.2 Å². The molecule has 0 spiro atoms. The molecule has 0 heterocycles. The Morgan fingerprint density at radius 1 is 1.08 bits per heavy atom. The zero-order valence-electron chi connectivity index (χ0n) is 15.3. The van der Waals surface area contributed by atoms with Gasteiger partial charge in [0.15, 0.2) is 17.5 Å². The van der Waals surface area contributed by atoms with Gasteiger partial charge in [-0.2, -0.15) is 0 Å². The van der Waals surface area contributed by atoms with E-state index in [9.17, 15) is 4.39 Å². The molecule has 0 aliphatic rings. The van der Waals surface area contributed by atoms with Crippen molar-refractivity contribution in [2.45, 2.75) is 20.0 Å². The van der Waals surface area contributed by atoms with Crippen LogP contribution in [0.4, 0.5) is 4.39 Å². The van der Waals surface area contributed by atoms with E-state index in [2.05, 4.69) is 31.6 Å². The highest BCUT2D eigenvalue weighted by Crippen LogP contribution is 2.36. The molecule has 140 valence electrons. The van der Waals surface area contributed by atoms with E-state index in [1.165, 1.54) is 6.07 Å². The van der Waals surface area contributed by atoms with Crippen LogP contribution in [0.15, 0.2) is 39.8 Å². The zero-order valence-corrected chi connectivity index (χ0v) is 16.9. The number of nitrogens with zero attached hydrogens (tertiary/aromatic N) is 1. The summed E-state index contributed by atoms with van der Waals surface area (Å²) in [7, 11) is 4.89. The van der Waals surface area contributed by atoms with Crippen molar-refractivity contribution in [2.75, 3.05) is 21.3 Å². The van der Waals surface area contributed by atoms with E-state index in [1.807, 2.05) is 18.2 Å². The summed E-state index contributed by atoms with van der Waals surface area (Å²) in [6, 6.07) is 9.05. The number of guanidine groups is 1. The molecule has 0 bridgehead atoms. The third kappa shape index (κ3) is 5.11. The lowest BCUT2D eigenvalue weighted by Crippen LogP contribution is -2.36. The maximum absolute atomic E-state index is 13.6. The van der Waals surface area contributed by atoms with Gasteiger partial charge in [-0.25, -0.2) is 4.39 Å². The summed E-state index contributed by atoms with van der Waals surface area (Å²) in [4.78, 5) is 4.19. The highest BCUT2D eigenvalue weighted by molar-refractivity contribution is 9.10. The van der Waals surface area contributed by atoms with Gasteiger partial charge in [0.25, 0.3) is 0 Å². The molecule has 26 heavy (non-hydrogen) atoms. The maximum atomic E-state index is 13.6. The largest absolute Gasteiger partial charge is 0.493 e. The van der Waals surface area contributed by atoms with Gasteiger partial charge in [0, 0.05) is 20.1 Å². The molecule has 0 atom stereocenters. The number of rotatable bonds is 6. The van der Waals surface area contributed by atoms with Gasteiger partial charge in [0.05, 0.1) is 18.7 Å². The lowest BCUT2D eigenvalue weighted by molar-refractivity contribution is 0.352. The minimum Gasteiger partial charge on any atom is -0.493 e. The minimum atomic E-state index is -0.206. The van der Waals surface area contributed by atoms with Gasteiger partial charge in [0.2, 0.25) is 0 Å². The summed E-state index contributed by atoms with van der Waals surface area (Å²) in [6.45, 7) is 2.77. The van der Waals surface area contributed by atoms with Crippen LogP contribution in [0, 0.1) is 12.7 Å². The third-order valence-corrected chi connectivity index (χ3v) is 4.46. The second-order valence-electron chi connectivity index (χ2n) is 5.68. The van der Waals surface area contributed by atoms with E-state index in [0.29, 0.717) is 36.1 Å². The minimum absolute atomic E-state index is 0.206. The first-order valence-electron chi connectivity index (χ1n) is 8.08. The smallest absolute Gasteiger partial charge is 0.191 e. The Morgan fingerprint density at radius 2 is 1.77 bits per heavy atom. The van der Waals surface area contributed by atoms with Crippen LogP contribution in [0.3, 0.4) is 0 Å². The number of hydrogen-bond acceptors (Lipinski definition) is 3. The van der Waals surface area contributed by atoms with Crippen LogP contribution < -0.4 is 20.1 Å². The Kier molecular flexibility index (Phi) is 7.26. The van der Waals surface area contributed by atoms with Crippen LogP contribution in [-0.2, 0) is 13.1 Å².